The smallest absolute Gasteiger partial charge is 0.137 e. The van der Waals surface area contributed by atoms with Crippen molar-refractivity contribution >= 4 is 11.0 Å². The van der Waals surface area contributed by atoms with Crippen molar-refractivity contribution in [2.24, 2.45) is 0 Å². The fourth-order valence-electron chi connectivity index (χ4n) is 2.74. The molecule has 0 spiro atoms. The second-order valence-electron chi connectivity index (χ2n) is 5.24. The van der Waals surface area contributed by atoms with Crippen molar-refractivity contribution < 1.29 is 9.52 Å². The molecule has 0 aliphatic carbocycles. The van der Waals surface area contributed by atoms with Crippen LogP contribution < -0.4 is 5.32 Å². The molecule has 0 radical (unpaired) electrons. The van der Waals surface area contributed by atoms with Crippen molar-refractivity contribution in [3.8, 4) is 0 Å². The zero-order chi connectivity index (χ0) is 12.6. The number of fused-ring (bicyclic) bond motifs is 1. The molecule has 96 valence electrons. The number of furan rings is 1. The first-order chi connectivity index (χ1) is 8.69. The normalized spacial score (nSPS) is 25.2. The van der Waals surface area contributed by atoms with Crippen LogP contribution in [-0.4, -0.2) is 18.2 Å². The minimum Gasteiger partial charge on any atom is -0.458 e. The lowest BCUT2D eigenvalue weighted by molar-refractivity contribution is 0.00426. The molecule has 1 saturated heterocycles. The van der Waals surface area contributed by atoms with Gasteiger partial charge in [0, 0.05) is 5.39 Å². The molecule has 1 aliphatic rings. The number of hydrogen-bond acceptors (Lipinski definition) is 3. The van der Waals surface area contributed by atoms with Gasteiger partial charge in [0.2, 0.25) is 0 Å². The zero-order valence-corrected chi connectivity index (χ0v) is 10.7. The second kappa shape index (κ2) is 4.41. The Morgan fingerprint density at radius 2 is 2.17 bits per heavy atom. The molecular weight excluding hydrogens is 226 g/mol. The van der Waals surface area contributed by atoms with Gasteiger partial charge in [0.25, 0.3) is 0 Å². The van der Waals surface area contributed by atoms with E-state index in [1.807, 2.05) is 31.2 Å². The van der Waals surface area contributed by atoms with Crippen LogP contribution in [0.4, 0.5) is 0 Å². The average molecular weight is 245 g/mol. The first kappa shape index (κ1) is 11.8. The summed E-state index contributed by atoms with van der Waals surface area (Å²) in [4.78, 5) is 0. The monoisotopic (exact) mass is 245 g/mol. The molecule has 3 rings (SSSR count). The number of aryl methyl sites for hydroxylation is 1. The summed E-state index contributed by atoms with van der Waals surface area (Å²) in [5.74, 6) is 0.718. The lowest BCUT2D eigenvalue weighted by Gasteiger charge is -2.23. The van der Waals surface area contributed by atoms with E-state index in [4.69, 9.17) is 4.42 Å². The molecule has 1 aliphatic heterocycles. The number of hydrogen-bond donors (Lipinski definition) is 2. The Labute approximate surface area is 107 Å². The van der Waals surface area contributed by atoms with Gasteiger partial charge in [0.15, 0.2) is 0 Å². The van der Waals surface area contributed by atoms with E-state index in [-0.39, 0.29) is 0 Å². The van der Waals surface area contributed by atoms with Crippen LogP contribution >= 0.6 is 0 Å². The third kappa shape index (κ3) is 1.93. The van der Waals surface area contributed by atoms with E-state index in [0.717, 1.165) is 48.2 Å². The molecule has 3 nitrogen and oxygen atoms in total. The molecule has 1 aromatic heterocycles. The largest absolute Gasteiger partial charge is 0.458 e. The van der Waals surface area contributed by atoms with Crippen LogP contribution in [0.15, 0.2) is 28.7 Å². The van der Waals surface area contributed by atoms with Gasteiger partial charge >= 0.3 is 0 Å². The summed E-state index contributed by atoms with van der Waals surface area (Å²) in [5, 5.41) is 15.2. The van der Waals surface area contributed by atoms with Crippen molar-refractivity contribution in [3.63, 3.8) is 0 Å². The highest BCUT2D eigenvalue weighted by molar-refractivity contribution is 5.81. The van der Waals surface area contributed by atoms with E-state index < -0.39 is 5.60 Å². The van der Waals surface area contributed by atoms with Gasteiger partial charge in [-0.3, -0.25) is 0 Å². The number of nitrogens with one attached hydrogen (secondary N) is 1. The molecule has 2 aromatic rings. The van der Waals surface area contributed by atoms with Crippen LogP contribution in [-0.2, 0) is 5.60 Å². The topological polar surface area (TPSA) is 45.4 Å². The summed E-state index contributed by atoms with van der Waals surface area (Å²) >= 11 is 0. The fourth-order valence-corrected chi connectivity index (χ4v) is 2.74. The van der Waals surface area contributed by atoms with E-state index in [2.05, 4.69) is 5.32 Å². The van der Waals surface area contributed by atoms with Crippen molar-refractivity contribution in [1.29, 1.82) is 0 Å². The van der Waals surface area contributed by atoms with Gasteiger partial charge in [-0.2, -0.15) is 0 Å². The summed E-state index contributed by atoms with van der Waals surface area (Å²) in [7, 11) is 0. The minimum atomic E-state index is -0.811. The molecule has 1 atom stereocenters. The van der Waals surface area contributed by atoms with Crippen LogP contribution in [0.5, 0.6) is 0 Å². The Morgan fingerprint density at radius 1 is 1.28 bits per heavy atom. The number of aliphatic hydroxyl groups is 1. The summed E-state index contributed by atoms with van der Waals surface area (Å²) in [6, 6.07) is 8.09. The Balaban J connectivity index is 2.05. The summed E-state index contributed by atoms with van der Waals surface area (Å²) in [5.41, 5.74) is 1.21. The maximum absolute atomic E-state index is 10.8. The Bertz CT molecular complexity index is 551. The molecule has 0 saturated carbocycles. The molecule has 2 heterocycles. The predicted octanol–water partition coefficient (Wildman–Crippen LogP) is 2.70. The number of benzene rings is 1. The second-order valence-corrected chi connectivity index (χ2v) is 5.24. The Morgan fingerprint density at radius 3 is 3.00 bits per heavy atom. The molecule has 0 bridgehead atoms. The molecule has 2 N–H and O–H groups in total. The molecule has 1 unspecified atom stereocenters. The standard InChI is InChI=1S/C15H19NO2/c1-11-4-2-5-12-10-13(18-14(11)12)15(17)6-3-8-16-9-7-15/h2,4-5,10,16-17H,3,6-9H2,1H3. The van der Waals surface area contributed by atoms with Crippen LogP contribution in [0.1, 0.15) is 30.6 Å². The van der Waals surface area contributed by atoms with Gasteiger partial charge in [0.1, 0.15) is 16.9 Å². The quantitative estimate of drug-likeness (QED) is 0.812. The SMILES string of the molecule is Cc1cccc2cc(C3(O)CCCNCC3)oc12. The summed E-state index contributed by atoms with van der Waals surface area (Å²) in [6.07, 6.45) is 2.46. The minimum absolute atomic E-state index is 0.714. The van der Waals surface area contributed by atoms with Crippen molar-refractivity contribution in [2.75, 3.05) is 13.1 Å². The van der Waals surface area contributed by atoms with Crippen LogP contribution in [0.25, 0.3) is 11.0 Å². The van der Waals surface area contributed by atoms with Gasteiger partial charge in [-0.25, -0.2) is 0 Å². The van der Waals surface area contributed by atoms with E-state index in [1.54, 1.807) is 0 Å². The number of rotatable bonds is 1. The van der Waals surface area contributed by atoms with Crippen molar-refractivity contribution in [1.82, 2.24) is 5.32 Å². The molecule has 18 heavy (non-hydrogen) atoms. The maximum atomic E-state index is 10.8. The summed E-state index contributed by atoms with van der Waals surface area (Å²) in [6.45, 7) is 3.85. The Hall–Kier alpha value is -1.32. The van der Waals surface area contributed by atoms with E-state index in [1.165, 1.54) is 0 Å². The molecule has 3 heteroatoms. The van der Waals surface area contributed by atoms with E-state index in [9.17, 15) is 5.11 Å². The zero-order valence-electron chi connectivity index (χ0n) is 10.7. The average Bonchev–Trinajstić information content (AvgIpc) is 2.69. The van der Waals surface area contributed by atoms with Crippen LogP contribution in [0.3, 0.4) is 0 Å². The van der Waals surface area contributed by atoms with E-state index in [0.29, 0.717) is 6.42 Å². The van der Waals surface area contributed by atoms with Gasteiger partial charge in [-0.1, -0.05) is 18.2 Å². The van der Waals surface area contributed by atoms with Crippen molar-refractivity contribution in [3.05, 3.63) is 35.6 Å². The Kier molecular flexibility index (Phi) is 2.88. The highest BCUT2D eigenvalue weighted by atomic mass is 16.4. The van der Waals surface area contributed by atoms with E-state index >= 15 is 0 Å². The first-order valence-electron chi connectivity index (χ1n) is 6.62. The van der Waals surface area contributed by atoms with Gasteiger partial charge < -0.3 is 14.8 Å². The molecular formula is C15H19NO2. The third-order valence-electron chi connectivity index (χ3n) is 3.86. The van der Waals surface area contributed by atoms with Gasteiger partial charge in [0.05, 0.1) is 0 Å². The molecule has 1 aromatic carbocycles. The predicted molar refractivity (Wildman–Crippen MR) is 71.6 cm³/mol. The lowest BCUT2D eigenvalue weighted by Crippen LogP contribution is -2.26. The summed E-state index contributed by atoms with van der Waals surface area (Å²) < 4.78 is 5.92. The highest BCUT2D eigenvalue weighted by Crippen LogP contribution is 2.35. The van der Waals surface area contributed by atoms with Crippen molar-refractivity contribution in [2.45, 2.75) is 31.8 Å². The molecule has 1 fully saturated rings. The van der Waals surface area contributed by atoms with Crippen LogP contribution in [0.2, 0.25) is 0 Å². The van der Waals surface area contributed by atoms with Gasteiger partial charge in [-0.05, 0) is 50.9 Å². The first-order valence-corrected chi connectivity index (χ1v) is 6.62. The van der Waals surface area contributed by atoms with Crippen LogP contribution in [0, 0.1) is 6.92 Å². The highest BCUT2D eigenvalue weighted by Gasteiger charge is 2.33. The lowest BCUT2D eigenvalue weighted by atomic mass is 9.92. The number of para-hydroxylation sites is 1. The fraction of sp³-hybridized carbons (Fsp3) is 0.467. The molecule has 0 amide bonds. The maximum Gasteiger partial charge on any atom is 0.137 e. The van der Waals surface area contributed by atoms with Gasteiger partial charge in [-0.15, -0.1) is 0 Å². The third-order valence-corrected chi connectivity index (χ3v) is 3.86.